The van der Waals surface area contributed by atoms with E-state index in [4.69, 9.17) is 4.74 Å². The van der Waals surface area contributed by atoms with Gasteiger partial charge < -0.3 is 14.7 Å². The lowest BCUT2D eigenvalue weighted by Crippen LogP contribution is -2.49. The molecule has 1 fully saturated rings. The number of alkyl halides is 3. The number of morpholine rings is 1. The largest absolute Gasteiger partial charge is 0.507 e. The van der Waals surface area contributed by atoms with Crippen molar-refractivity contribution >= 4 is 5.82 Å². The topological polar surface area (TPSA) is 58.5 Å². The van der Waals surface area contributed by atoms with Crippen molar-refractivity contribution in [2.75, 3.05) is 24.6 Å². The zero-order valence-electron chi connectivity index (χ0n) is 12.9. The summed E-state index contributed by atoms with van der Waals surface area (Å²) in [4.78, 5) is 10.1. The van der Waals surface area contributed by atoms with Crippen molar-refractivity contribution < 1.29 is 23.0 Å². The van der Waals surface area contributed by atoms with Crippen LogP contribution < -0.4 is 4.90 Å². The smallest absolute Gasteiger partial charge is 0.416 e. The number of rotatable bonds is 2. The molecule has 1 N–H and O–H groups in total. The number of halogens is 3. The van der Waals surface area contributed by atoms with Gasteiger partial charge >= 0.3 is 6.18 Å². The van der Waals surface area contributed by atoms with Gasteiger partial charge in [0.2, 0.25) is 0 Å². The molecule has 1 aromatic carbocycles. The van der Waals surface area contributed by atoms with Gasteiger partial charge in [0.05, 0.1) is 18.7 Å². The van der Waals surface area contributed by atoms with Crippen molar-refractivity contribution in [2.45, 2.75) is 19.2 Å². The molecule has 24 heavy (non-hydrogen) atoms. The predicted molar refractivity (Wildman–Crippen MR) is 81.9 cm³/mol. The third-order valence-corrected chi connectivity index (χ3v) is 3.74. The summed E-state index contributed by atoms with van der Waals surface area (Å²) in [5.41, 5.74) is 1.04. The zero-order chi connectivity index (χ0) is 17.3. The van der Waals surface area contributed by atoms with Crippen LogP contribution in [-0.4, -0.2) is 47.1 Å². The summed E-state index contributed by atoms with van der Waals surface area (Å²) in [5.74, 6) is 0.681. The Morgan fingerprint density at radius 2 is 2.00 bits per heavy atom. The van der Waals surface area contributed by atoms with Crippen LogP contribution in [0.2, 0.25) is 0 Å². The maximum absolute atomic E-state index is 12.9. The Labute approximate surface area is 136 Å². The first-order valence-corrected chi connectivity index (χ1v) is 7.42. The maximum atomic E-state index is 12.9. The molecule has 0 aliphatic carbocycles. The van der Waals surface area contributed by atoms with Crippen LogP contribution in [0.1, 0.15) is 5.69 Å². The summed E-state index contributed by atoms with van der Waals surface area (Å²) < 4.78 is 43.5. The number of hydrogen-bond donors (Lipinski definition) is 1. The lowest BCUT2D eigenvalue weighted by Gasteiger charge is -2.34. The Morgan fingerprint density at radius 3 is 2.71 bits per heavy atom. The van der Waals surface area contributed by atoms with E-state index in [-0.39, 0.29) is 24.7 Å². The molecule has 0 spiro atoms. The predicted octanol–water partition coefficient (Wildman–Crippen LogP) is 2.93. The maximum Gasteiger partial charge on any atom is 0.416 e. The van der Waals surface area contributed by atoms with Crippen LogP contribution in [0.25, 0.3) is 11.4 Å². The molecule has 0 radical (unpaired) electrons. The van der Waals surface area contributed by atoms with Gasteiger partial charge in [0.15, 0.2) is 11.9 Å². The van der Waals surface area contributed by atoms with Crippen LogP contribution >= 0.6 is 0 Å². The van der Waals surface area contributed by atoms with Crippen molar-refractivity contribution in [3.8, 4) is 17.1 Å². The number of nitrogens with zero attached hydrogens (tertiary/aromatic N) is 3. The third kappa shape index (κ3) is 3.43. The van der Waals surface area contributed by atoms with E-state index >= 15 is 0 Å². The van der Waals surface area contributed by atoms with Crippen LogP contribution in [0.3, 0.4) is 0 Å². The van der Waals surface area contributed by atoms with Gasteiger partial charge in [-0.15, -0.1) is 0 Å². The van der Waals surface area contributed by atoms with E-state index in [0.29, 0.717) is 23.6 Å². The van der Waals surface area contributed by atoms with Gasteiger partial charge in [0, 0.05) is 18.3 Å². The first-order valence-electron chi connectivity index (χ1n) is 7.42. The first-order chi connectivity index (χ1) is 11.3. The normalized spacial score (nSPS) is 18.7. The second-order valence-electron chi connectivity index (χ2n) is 5.56. The van der Waals surface area contributed by atoms with E-state index in [9.17, 15) is 18.3 Å². The molecular weight excluding hydrogens is 323 g/mol. The molecule has 1 aromatic heterocycles. The molecule has 2 aromatic rings. The van der Waals surface area contributed by atoms with Crippen molar-refractivity contribution in [3.05, 3.63) is 36.0 Å². The fourth-order valence-corrected chi connectivity index (χ4v) is 2.55. The number of aryl methyl sites for hydroxylation is 1. The van der Waals surface area contributed by atoms with E-state index in [1.807, 2.05) is 0 Å². The highest BCUT2D eigenvalue weighted by Gasteiger charge is 2.43. The number of phenols is 1. The number of aromatic nitrogens is 2. The minimum atomic E-state index is -4.42. The third-order valence-electron chi connectivity index (χ3n) is 3.74. The quantitative estimate of drug-likeness (QED) is 0.912. The second kappa shape index (κ2) is 6.27. The highest BCUT2D eigenvalue weighted by molar-refractivity contribution is 5.65. The zero-order valence-corrected chi connectivity index (χ0v) is 12.9. The number of hydrogen-bond acceptors (Lipinski definition) is 5. The summed E-state index contributed by atoms with van der Waals surface area (Å²) in [6.45, 7) is 1.69. The Bertz CT molecular complexity index is 737. The standard InChI is InChI=1S/C16H16F3N3O2/c1-10-8-14(22-6-7-24-13(9-22)16(17,18)19)21-15(20-10)11-4-2-3-5-12(11)23/h2-5,8,13,23H,6-7,9H2,1H3/t13-/m0/s1. The van der Waals surface area contributed by atoms with Crippen LogP contribution in [0.15, 0.2) is 30.3 Å². The molecule has 2 heterocycles. The summed E-state index contributed by atoms with van der Waals surface area (Å²) in [6, 6.07) is 8.20. The van der Waals surface area contributed by atoms with Crippen molar-refractivity contribution in [1.29, 1.82) is 0 Å². The van der Waals surface area contributed by atoms with Crippen LogP contribution in [0.5, 0.6) is 5.75 Å². The molecule has 1 saturated heterocycles. The van der Waals surface area contributed by atoms with Gasteiger partial charge in [0.1, 0.15) is 11.6 Å². The van der Waals surface area contributed by atoms with Crippen molar-refractivity contribution in [1.82, 2.24) is 9.97 Å². The fraction of sp³-hybridized carbons (Fsp3) is 0.375. The monoisotopic (exact) mass is 339 g/mol. The Hall–Kier alpha value is -2.35. The highest BCUT2D eigenvalue weighted by Crippen LogP contribution is 2.30. The minimum Gasteiger partial charge on any atom is -0.507 e. The molecule has 8 heteroatoms. The Kier molecular flexibility index (Phi) is 4.31. The van der Waals surface area contributed by atoms with Gasteiger partial charge in [-0.05, 0) is 19.1 Å². The molecule has 0 bridgehead atoms. The molecule has 1 atom stereocenters. The van der Waals surface area contributed by atoms with Gasteiger partial charge in [-0.25, -0.2) is 9.97 Å². The summed E-state index contributed by atoms with van der Waals surface area (Å²) in [5, 5.41) is 9.94. The number of phenolic OH excluding ortho intramolecular Hbond substituents is 1. The Balaban J connectivity index is 1.93. The van der Waals surface area contributed by atoms with Gasteiger partial charge in [-0.2, -0.15) is 13.2 Å². The molecule has 128 valence electrons. The summed E-state index contributed by atoms with van der Waals surface area (Å²) in [7, 11) is 0. The second-order valence-corrected chi connectivity index (χ2v) is 5.56. The van der Waals surface area contributed by atoms with Crippen molar-refractivity contribution in [3.63, 3.8) is 0 Å². The molecule has 1 aliphatic heterocycles. The molecule has 3 rings (SSSR count). The van der Waals surface area contributed by atoms with Crippen molar-refractivity contribution in [2.24, 2.45) is 0 Å². The van der Waals surface area contributed by atoms with Crippen LogP contribution in [0.4, 0.5) is 19.0 Å². The summed E-state index contributed by atoms with van der Waals surface area (Å²) in [6.07, 6.45) is -6.25. The lowest BCUT2D eigenvalue weighted by molar-refractivity contribution is -0.221. The molecule has 1 aliphatic rings. The van der Waals surface area contributed by atoms with E-state index < -0.39 is 12.3 Å². The molecule has 5 nitrogen and oxygen atoms in total. The molecular formula is C16H16F3N3O2. The van der Waals surface area contributed by atoms with Crippen LogP contribution in [0, 0.1) is 6.92 Å². The van der Waals surface area contributed by atoms with Gasteiger partial charge in [0.25, 0.3) is 0 Å². The first kappa shape index (κ1) is 16.5. The van der Waals surface area contributed by atoms with E-state index in [1.165, 1.54) is 11.0 Å². The van der Waals surface area contributed by atoms with Crippen LogP contribution in [-0.2, 0) is 4.74 Å². The highest BCUT2D eigenvalue weighted by atomic mass is 19.4. The lowest BCUT2D eigenvalue weighted by atomic mass is 10.2. The average molecular weight is 339 g/mol. The number of aromatic hydroxyl groups is 1. The summed E-state index contributed by atoms with van der Waals surface area (Å²) >= 11 is 0. The number of anilines is 1. The van der Waals surface area contributed by atoms with Gasteiger partial charge in [-0.3, -0.25) is 0 Å². The minimum absolute atomic E-state index is 0.0178. The van der Waals surface area contributed by atoms with E-state index in [1.54, 1.807) is 31.2 Å². The van der Waals surface area contributed by atoms with Gasteiger partial charge in [-0.1, -0.05) is 12.1 Å². The fourth-order valence-electron chi connectivity index (χ4n) is 2.55. The number of para-hydroxylation sites is 1. The molecule has 0 saturated carbocycles. The molecule has 0 unspecified atom stereocenters. The number of benzene rings is 1. The molecule has 0 amide bonds. The Morgan fingerprint density at radius 1 is 1.25 bits per heavy atom. The number of ether oxygens (including phenoxy) is 1. The average Bonchev–Trinajstić information content (AvgIpc) is 2.54. The van der Waals surface area contributed by atoms with E-state index in [0.717, 1.165) is 0 Å². The SMILES string of the molecule is Cc1cc(N2CCO[C@H](C(F)(F)F)C2)nc(-c2ccccc2O)n1. The van der Waals surface area contributed by atoms with E-state index in [2.05, 4.69) is 9.97 Å².